The van der Waals surface area contributed by atoms with E-state index in [1.807, 2.05) is 30.8 Å². The summed E-state index contributed by atoms with van der Waals surface area (Å²) in [5.74, 6) is -0.183. The smallest absolute Gasteiger partial charge is 0.297 e. The number of methoxy groups -OCH3 is 1. The van der Waals surface area contributed by atoms with Gasteiger partial charge in [-0.1, -0.05) is 29.3 Å². The number of benzene rings is 2. The lowest BCUT2D eigenvalue weighted by molar-refractivity contribution is -0.122. The van der Waals surface area contributed by atoms with E-state index in [1.165, 1.54) is 24.1 Å². The average Bonchev–Trinajstić information content (AvgIpc) is 3.40. The van der Waals surface area contributed by atoms with Crippen LogP contribution in [0.25, 0.3) is 17.1 Å². The zero-order valence-corrected chi connectivity index (χ0v) is 27.6. The lowest BCUT2D eigenvalue weighted by Crippen LogP contribution is -2.37. The molecule has 0 bridgehead atoms. The Balaban J connectivity index is 1.41. The predicted octanol–water partition coefficient (Wildman–Crippen LogP) is 4.64. The maximum atomic E-state index is 13.0. The molecule has 0 radical (unpaired) electrons. The SMILES string of the molecule is COc1nc2c(OCc3c(Cl)ccc(N(C)C(=O)CNC(=O)C=Cc4ccc(NC(C)=O)nc4)c3Cl)cccc2n1CCN(C)C. The fraction of sp³-hybridized carbons (Fsp3) is 0.281. The summed E-state index contributed by atoms with van der Waals surface area (Å²) in [7, 11) is 7.13. The molecule has 0 aliphatic carbocycles. The summed E-state index contributed by atoms with van der Waals surface area (Å²) < 4.78 is 13.7. The fourth-order valence-electron chi connectivity index (χ4n) is 4.42. The summed E-state index contributed by atoms with van der Waals surface area (Å²) in [4.78, 5) is 48.6. The molecule has 0 saturated carbocycles. The Morgan fingerprint density at radius 1 is 1.07 bits per heavy atom. The van der Waals surface area contributed by atoms with Crippen LogP contribution >= 0.6 is 23.2 Å². The molecule has 4 aromatic rings. The molecule has 14 heteroatoms. The van der Waals surface area contributed by atoms with E-state index in [0.29, 0.717) is 51.5 Å². The first-order valence-corrected chi connectivity index (χ1v) is 15.0. The van der Waals surface area contributed by atoms with Gasteiger partial charge in [-0.25, -0.2) is 4.98 Å². The number of anilines is 2. The first kappa shape index (κ1) is 34.2. The van der Waals surface area contributed by atoms with Gasteiger partial charge in [0.25, 0.3) is 6.01 Å². The van der Waals surface area contributed by atoms with Crippen molar-refractivity contribution in [3.8, 4) is 11.8 Å². The van der Waals surface area contributed by atoms with Crippen LogP contribution in [0.5, 0.6) is 11.8 Å². The van der Waals surface area contributed by atoms with Crippen LogP contribution in [0.1, 0.15) is 18.1 Å². The minimum absolute atomic E-state index is 0.0156. The summed E-state index contributed by atoms with van der Waals surface area (Å²) in [5.41, 5.74) is 3.03. The number of likely N-dealkylation sites (N-methyl/N-ethyl adjacent to an activating group) is 2. The molecule has 0 fully saturated rings. The van der Waals surface area contributed by atoms with Crippen molar-refractivity contribution in [2.75, 3.05) is 51.6 Å². The van der Waals surface area contributed by atoms with Crippen LogP contribution < -0.4 is 25.0 Å². The Hall–Kier alpha value is -4.65. The van der Waals surface area contributed by atoms with Gasteiger partial charge in [0, 0.05) is 49.9 Å². The number of aromatic nitrogens is 3. The number of para-hydroxylation sites is 1. The van der Waals surface area contributed by atoms with E-state index in [4.69, 9.17) is 32.7 Å². The minimum atomic E-state index is -0.473. The largest absolute Gasteiger partial charge is 0.486 e. The summed E-state index contributed by atoms with van der Waals surface area (Å²) in [6, 6.07) is 12.7. The van der Waals surface area contributed by atoms with Crippen LogP contribution in [-0.2, 0) is 27.5 Å². The third-order valence-corrected chi connectivity index (χ3v) is 7.64. The number of rotatable bonds is 13. The van der Waals surface area contributed by atoms with Crippen LogP contribution in [0, 0.1) is 0 Å². The zero-order chi connectivity index (χ0) is 33.4. The van der Waals surface area contributed by atoms with Crippen LogP contribution in [0.3, 0.4) is 0 Å². The summed E-state index contributed by atoms with van der Waals surface area (Å²) in [6.07, 6.45) is 4.34. The molecule has 2 aromatic carbocycles. The van der Waals surface area contributed by atoms with Crippen molar-refractivity contribution in [1.82, 2.24) is 24.8 Å². The summed E-state index contributed by atoms with van der Waals surface area (Å²) in [5, 5.41) is 5.75. The number of hydrogen-bond acceptors (Lipinski definition) is 8. The molecule has 2 heterocycles. The fourth-order valence-corrected chi connectivity index (χ4v) is 5.03. The first-order chi connectivity index (χ1) is 22.0. The van der Waals surface area contributed by atoms with E-state index in [0.717, 1.165) is 12.1 Å². The molecule has 3 amide bonds. The highest BCUT2D eigenvalue weighted by Crippen LogP contribution is 2.36. The van der Waals surface area contributed by atoms with Crippen molar-refractivity contribution in [3.05, 3.63) is 75.9 Å². The van der Waals surface area contributed by atoms with Crippen molar-refractivity contribution >= 4 is 69.5 Å². The average molecular weight is 669 g/mol. The molecule has 46 heavy (non-hydrogen) atoms. The molecule has 0 saturated heterocycles. The van der Waals surface area contributed by atoms with Gasteiger partial charge in [0.1, 0.15) is 23.7 Å². The molecule has 0 aliphatic rings. The van der Waals surface area contributed by atoms with Gasteiger partial charge in [0.15, 0.2) is 0 Å². The second-order valence-electron chi connectivity index (χ2n) is 10.5. The van der Waals surface area contributed by atoms with Crippen molar-refractivity contribution in [2.24, 2.45) is 0 Å². The Morgan fingerprint density at radius 2 is 1.85 bits per heavy atom. The van der Waals surface area contributed by atoms with E-state index in [9.17, 15) is 14.4 Å². The Bertz CT molecular complexity index is 1760. The third kappa shape index (κ3) is 8.53. The first-order valence-electron chi connectivity index (χ1n) is 14.2. The number of pyridine rings is 1. The van der Waals surface area contributed by atoms with Gasteiger partial charge in [-0.2, -0.15) is 4.98 Å². The van der Waals surface area contributed by atoms with Gasteiger partial charge in [-0.3, -0.25) is 19.0 Å². The Morgan fingerprint density at radius 3 is 2.52 bits per heavy atom. The Kier molecular flexibility index (Phi) is 11.6. The summed E-state index contributed by atoms with van der Waals surface area (Å²) >= 11 is 13.3. The highest BCUT2D eigenvalue weighted by Gasteiger charge is 2.20. The van der Waals surface area contributed by atoms with Crippen molar-refractivity contribution in [2.45, 2.75) is 20.1 Å². The topological polar surface area (TPSA) is 131 Å². The van der Waals surface area contributed by atoms with E-state index >= 15 is 0 Å². The highest BCUT2D eigenvalue weighted by molar-refractivity contribution is 6.38. The molecule has 2 N–H and O–H groups in total. The minimum Gasteiger partial charge on any atom is -0.486 e. The molecule has 2 aromatic heterocycles. The number of ether oxygens (including phenoxy) is 2. The number of amides is 3. The maximum Gasteiger partial charge on any atom is 0.297 e. The monoisotopic (exact) mass is 667 g/mol. The lowest BCUT2D eigenvalue weighted by Gasteiger charge is -2.21. The van der Waals surface area contributed by atoms with Crippen LogP contribution in [0.2, 0.25) is 10.0 Å². The van der Waals surface area contributed by atoms with Crippen LogP contribution in [-0.4, -0.2) is 78.5 Å². The molecular weight excluding hydrogens is 633 g/mol. The van der Waals surface area contributed by atoms with Gasteiger partial charge in [0.05, 0.1) is 29.9 Å². The molecule has 0 unspecified atom stereocenters. The number of nitrogens with one attached hydrogen (secondary N) is 2. The molecular formula is C32H35Cl2N7O5. The second kappa shape index (κ2) is 15.6. The van der Waals surface area contributed by atoms with Gasteiger partial charge in [-0.15, -0.1) is 0 Å². The van der Waals surface area contributed by atoms with Crippen molar-refractivity contribution in [1.29, 1.82) is 0 Å². The van der Waals surface area contributed by atoms with Crippen LogP contribution in [0.15, 0.2) is 54.7 Å². The Labute approximate surface area is 276 Å². The molecule has 0 aliphatic heterocycles. The molecule has 4 rings (SSSR count). The molecule has 12 nitrogen and oxygen atoms in total. The zero-order valence-electron chi connectivity index (χ0n) is 26.1. The lowest BCUT2D eigenvalue weighted by atomic mass is 10.2. The highest BCUT2D eigenvalue weighted by atomic mass is 35.5. The van der Waals surface area contributed by atoms with E-state index in [1.54, 1.807) is 50.6 Å². The number of nitrogens with zero attached hydrogens (tertiary/aromatic N) is 5. The number of carbonyl (C=O) groups is 3. The standard InChI is InChI=1S/C32H35Cl2N7O5/c1-20(42)37-27-13-9-21(17-35-27)10-14-28(43)36-18-29(44)40(4)24-12-11-23(33)22(30(24)34)19-46-26-8-6-7-25-31(26)38-32(45-5)41(25)16-15-39(2)3/h6-14,17H,15-16,18-19H2,1-5H3,(H,36,43)(H,35,37,42). The molecule has 0 spiro atoms. The third-order valence-electron chi connectivity index (χ3n) is 6.86. The van der Waals surface area contributed by atoms with Gasteiger partial charge >= 0.3 is 0 Å². The van der Waals surface area contributed by atoms with Crippen LogP contribution in [0.4, 0.5) is 11.5 Å². The molecule has 0 atom stereocenters. The van der Waals surface area contributed by atoms with Crippen molar-refractivity contribution in [3.63, 3.8) is 0 Å². The molecule has 242 valence electrons. The number of hydrogen-bond donors (Lipinski definition) is 2. The number of imidazole rings is 1. The number of halogens is 2. The number of fused-ring (bicyclic) bond motifs is 1. The van der Waals surface area contributed by atoms with Gasteiger partial charge < -0.3 is 29.9 Å². The predicted molar refractivity (Wildman–Crippen MR) is 180 cm³/mol. The van der Waals surface area contributed by atoms with Crippen molar-refractivity contribution < 1.29 is 23.9 Å². The normalized spacial score (nSPS) is 11.2. The second-order valence-corrected chi connectivity index (χ2v) is 11.3. The maximum absolute atomic E-state index is 13.0. The van der Waals surface area contributed by atoms with E-state index in [-0.39, 0.29) is 24.1 Å². The van der Waals surface area contributed by atoms with Gasteiger partial charge in [-0.05, 0) is 62.1 Å². The quantitative estimate of drug-likeness (QED) is 0.197. The summed E-state index contributed by atoms with van der Waals surface area (Å²) in [6.45, 7) is 2.61. The van der Waals surface area contributed by atoms with E-state index in [2.05, 4.69) is 25.5 Å². The van der Waals surface area contributed by atoms with Gasteiger partial charge in [0.2, 0.25) is 17.7 Å². The number of carbonyl (C=O) groups excluding carboxylic acids is 3. The van der Waals surface area contributed by atoms with E-state index < -0.39 is 11.8 Å².